The Kier molecular flexibility index (Phi) is 6.59. The van der Waals surface area contributed by atoms with E-state index in [1.54, 1.807) is 42.5 Å². The lowest BCUT2D eigenvalue weighted by molar-refractivity contribution is 0.0858. The van der Waals surface area contributed by atoms with Crippen LogP contribution in [0.1, 0.15) is 33.6 Å². The Morgan fingerprint density at radius 1 is 0.871 bits per heavy atom. The Morgan fingerprint density at radius 2 is 1.58 bits per heavy atom. The van der Waals surface area contributed by atoms with E-state index in [1.807, 2.05) is 36.4 Å². The molecule has 1 aliphatic heterocycles. The van der Waals surface area contributed by atoms with Crippen LogP contribution in [0.4, 0.5) is 5.69 Å². The number of para-hydroxylation sites is 3. The highest BCUT2D eigenvalue weighted by Crippen LogP contribution is 2.26. The van der Waals surface area contributed by atoms with Gasteiger partial charge in [0.1, 0.15) is 11.5 Å². The van der Waals surface area contributed by atoms with Crippen LogP contribution in [0, 0.1) is 0 Å². The third-order valence-corrected chi connectivity index (χ3v) is 5.04. The number of benzene rings is 3. The molecular formula is C25H24N2O4. The fourth-order valence-electron chi connectivity index (χ4n) is 3.45. The van der Waals surface area contributed by atoms with Gasteiger partial charge in [-0.15, -0.1) is 0 Å². The summed E-state index contributed by atoms with van der Waals surface area (Å²) in [5.74, 6) is 0.467. The molecule has 2 N–H and O–H groups in total. The van der Waals surface area contributed by atoms with Gasteiger partial charge in [-0.3, -0.25) is 9.59 Å². The monoisotopic (exact) mass is 416 g/mol. The van der Waals surface area contributed by atoms with Gasteiger partial charge in [0.2, 0.25) is 0 Å². The first-order valence-electron chi connectivity index (χ1n) is 10.3. The molecule has 1 saturated heterocycles. The van der Waals surface area contributed by atoms with Gasteiger partial charge in [-0.05, 0) is 49.2 Å². The maximum absolute atomic E-state index is 13.0. The SMILES string of the molecule is O=C(NCC1CCCO1)c1ccccc1NC(=O)c1ccccc1Oc1ccccc1. The minimum absolute atomic E-state index is 0.0488. The summed E-state index contributed by atoms with van der Waals surface area (Å²) in [5.41, 5.74) is 1.21. The smallest absolute Gasteiger partial charge is 0.259 e. The molecule has 3 aromatic carbocycles. The Labute approximate surface area is 181 Å². The molecule has 1 aliphatic rings. The number of nitrogens with one attached hydrogen (secondary N) is 2. The highest BCUT2D eigenvalue weighted by Gasteiger charge is 2.19. The molecular weight excluding hydrogens is 392 g/mol. The zero-order chi connectivity index (χ0) is 21.5. The molecule has 4 rings (SSSR count). The Balaban J connectivity index is 1.48. The van der Waals surface area contributed by atoms with Crippen molar-refractivity contribution in [2.24, 2.45) is 0 Å². The third kappa shape index (κ3) is 5.29. The second-order valence-electron chi connectivity index (χ2n) is 7.26. The molecule has 2 amide bonds. The first-order chi connectivity index (χ1) is 15.2. The van der Waals surface area contributed by atoms with Crippen LogP contribution in [0.25, 0.3) is 0 Å². The average Bonchev–Trinajstić information content (AvgIpc) is 3.33. The van der Waals surface area contributed by atoms with Crippen LogP contribution in [-0.2, 0) is 4.74 Å². The number of hydrogen-bond acceptors (Lipinski definition) is 4. The zero-order valence-corrected chi connectivity index (χ0v) is 17.0. The van der Waals surface area contributed by atoms with Gasteiger partial charge in [0.05, 0.1) is 22.9 Å². The number of hydrogen-bond donors (Lipinski definition) is 2. The van der Waals surface area contributed by atoms with E-state index in [9.17, 15) is 9.59 Å². The molecule has 158 valence electrons. The van der Waals surface area contributed by atoms with Crippen molar-refractivity contribution in [1.82, 2.24) is 5.32 Å². The fourth-order valence-corrected chi connectivity index (χ4v) is 3.45. The predicted octanol–water partition coefficient (Wildman–Crippen LogP) is 4.64. The lowest BCUT2D eigenvalue weighted by atomic mass is 10.1. The summed E-state index contributed by atoms with van der Waals surface area (Å²) >= 11 is 0. The zero-order valence-electron chi connectivity index (χ0n) is 17.0. The van der Waals surface area contributed by atoms with E-state index < -0.39 is 0 Å². The van der Waals surface area contributed by atoms with Crippen molar-refractivity contribution in [1.29, 1.82) is 0 Å². The molecule has 31 heavy (non-hydrogen) atoms. The van der Waals surface area contributed by atoms with E-state index in [-0.39, 0.29) is 17.9 Å². The molecule has 6 nitrogen and oxygen atoms in total. The van der Waals surface area contributed by atoms with E-state index in [0.29, 0.717) is 34.9 Å². The van der Waals surface area contributed by atoms with Gasteiger partial charge < -0.3 is 20.1 Å². The molecule has 1 unspecified atom stereocenters. The van der Waals surface area contributed by atoms with E-state index in [4.69, 9.17) is 9.47 Å². The third-order valence-electron chi connectivity index (χ3n) is 5.04. The molecule has 0 aliphatic carbocycles. The summed E-state index contributed by atoms with van der Waals surface area (Å²) in [5, 5.41) is 5.75. The number of amides is 2. The quantitative estimate of drug-likeness (QED) is 0.588. The van der Waals surface area contributed by atoms with Crippen LogP contribution in [0.2, 0.25) is 0 Å². The van der Waals surface area contributed by atoms with E-state index in [2.05, 4.69) is 10.6 Å². The molecule has 1 heterocycles. The Morgan fingerprint density at radius 3 is 2.35 bits per heavy atom. The number of anilines is 1. The number of carbonyl (C=O) groups is 2. The number of ether oxygens (including phenoxy) is 2. The summed E-state index contributed by atoms with van der Waals surface area (Å²) in [7, 11) is 0. The molecule has 6 heteroatoms. The normalized spacial score (nSPS) is 15.3. The molecule has 3 aromatic rings. The standard InChI is InChI=1S/C25H24N2O4/c28-24(26-17-19-11-8-16-30-19)20-12-4-6-14-22(20)27-25(29)21-13-5-7-15-23(21)31-18-9-2-1-3-10-18/h1-7,9-10,12-15,19H,8,11,16-17H2,(H,26,28)(H,27,29). The van der Waals surface area contributed by atoms with E-state index >= 15 is 0 Å². The first kappa shape index (κ1) is 20.6. The van der Waals surface area contributed by atoms with Gasteiger partial charge >= 0.3 is 0 Å². The lowest BCUT2D eigenvalue weighted by Gasteiger charge is -2.15. The van der Waals surface area contributed by atoms with Crippen molar-refractivity contribution in [3.8, 4) is 11.5 Å². The van der Waals surface area contributed by atoms with Gasteiger partial charge in [-0.1, -0.05) is 42.5 Å². The summed E-state index contributed by atoms with van der Waals surface area (Å²) in [6, 6.07) is 23.2. The molecule has 1 fully saturated rings. The van der Waals surface area contributed by atoms with Crippen LogP contribution in [-0.4, -0.2) is 31.1 Å². The van der Waals surface area contributed by atoms with Gasteiger partial charge in [-0.2, -0.15) is 0 Å². The summed E-state index contributed by atoms with van der Waals surface area (Å²) in [6.45, 7) is 1.19. The second kappa shape index (κ2) is 9.91. The summed E-state index contributed by atoms with van der Waals surface area (Å²) in [4.78, 5) is 25.7. The molecule has 0 aromatic heterocycles. The van der Waals surface area contributed by atoms with Gasteiger partial charge in [0.15, 0.2) is 0 Å². The maximum atomic E-state index is 13.0. The van der Waals surface area contributed by atoms with Crippen molar-refractivity contribution in [2.75, 3.05) is 18.5 Å². The Bertz CT molecular complexity index is 1050. The highest BCUT2D eigenvalue weighted by molar-refractivity contribution is 6.10. The van der Waals surface area contributed by atoms with Crippen LogP contribution >= 0.6 is 0 Å². The van der Waals surface area contributed by atoms with Crippen molar-refractivity contribution < 1.29 is 19.1 Å². The van der Waals surface area contributed by atoms with Crippen LogP contribution < -0.4 is 15.4 Å². The van der Waals surface area contributed by atoms with Crippen molar-refractivity contribution in [2.45, 2.75) is 18.9 Å². The van der Waals surface area contributed by atoms with Crippen LogP contribution in [0.3, 0.4) is 0 Å². The van der Waals surface area contributed by atoms with Gasteiger partial charge in [-0.25, -0.2) is 0 Å². The second-order valence-corrected chi connectivity index (χ2v) is 7.26. The van der Waals surface area contributed by atoms with Gasteiger partial charge in [0.25, 0.3) is 11.8 Å². The van der Waals surface area contributed by atoms with E-state index in [1.165, 1.54) is 0 Å². The predicted molar refractivity (Wildman–Crippen MR) is 119 cm³/mol. The van der Waals surface area contributed by atoms with Crippen LogP contribution in [0.5, 0.6) is 11.5 Å². The minimum atomic E-state index is -0.356. The van der Waals surface area contributed by atoms with E-state index in [0.717, 1.165) is 19.4 Å². The molecule has 0 spiro atoms. The largest absolute Gasteiger partial charge is 0.457 e. The van der Waals surface area contributed by atoms with Gasteiger partial charge in [0, 0.05) is 13.2 Å². The minimum Gasteiger partial charge on any atom is -0.457 e. The molecule has 1 atom stereocenters. The maximum Gasteiger partial charge on any atom is 0.259 e. The van der Waals surface area contributed by atoms with Crippen LogP contribution in [0.15, 0.2) is 78.9 Å². The first-order valence-corrected chi connectivity index (χ1v) is 10.3. The molecule has 0 radical (unpaired) electrons. The topological polar surface area (TPSA) is 76.7 Å². The molecule has 0 bridgehead atoms. The molecule has 0 saturated carbocycles. The average molecular weight is 416 g/mol. The Hall–Kier alpha value is -3.64. The van der Waals surface area contributed by atoms with Crippen molar-refractivity contribution in [3.63, 3.8) is 0 Å². The van der Waals surface area contributed by atoms with Crippen molar-refractivity contribution in [3.05, 3.63) is 90.0 Å². The number of carbonyl (C=O) groups excluding carboxylic acids is 2. The summed E-state index contributed by atoms with van der Waals surface area (Å²) < 4.78 is 11.4. The lowest BCUT2D eigenvalue weighted by Crippen LogP contribution is -2.32. The fraction of sp³-hybridized carbons (Fsp3) is 0.200. The summed E-state index contributed by atoms with van der Waals surface area (Å²) in [6.07, 6.45) is 2.00. The van der Waals surface area contributed by atoms with Crippen molar-refractivity contribution >= 4 is 17.5 Å². The highest BCUT2D eigenvalue weighted by atomic mass is 16.5. The number of rotatable bonds is 7.